The van der Waals surface area contributed by atoms with Crippen molar-refractivity contribution in [3.63, 3.8) is 0 Å². The van der Waals surface area contributed by atoms with Gasteiger partial charge >= 0.3 is 5.97 Å². The van der Waals surface area contributed by atoms with E-state index in [1.54, 1.807) is 0 Å². The lowest BCUT2D eigenvalue weighted by Gasteiger charge is -2.22. The first-order valence-electron chi connectivity index (χ1n) is 7.67. The lowest BCUT2D eigenvalue weighted by Crippen LogP contribution is -2.27. The van der Waals surface area contributed by atoms with Crippen molar-refractivity contribution in [2.24, 2.45) is 0 Å². The number of ether oxygens (including phenoxy) is 2. The summed E-state index contributed by atoms with van der Waals surface area (Å²) >= 11 is 0. The van der Waals surface area contributed by atoms with Crippen LogP contribution in [0, 0.1) is 0 Å². The third-order valence-corrected chi connectivity index (χ3v) is 3.57. The van der Waals surface area contributed by atoms with Crippen LogP contribution in [-0.4, -0.2) is 38.2 Å². The van der Waals surface area contributed by atoms with Crippen LogP contribution >= 0.6 is 0 Å². The molecule has 1 N–H and O–H groups in total. The summed E-state index contributed by atoms with van der Waals surface area (Å²) in [4.78, 5) is 22.5. The van der Waals surface area contributed by atoms with Crippen LogP contribution in [0.1, 0.15) is 57.8 Å². The maximum absolute atomic E-state index is 11.6. The van der Waals surface area contributed by atoms with Crippen molar-refractivity contribution < 1.29 is 19.1 Å². The van der Waals surface area contributed by atoms with Gasteiger partial charge in [0.2, 0.25) is 5.91 Å². The molecule has 20 heavy (non-hydrogen) atoms. The molecule has 0 aromatic rings. The van der Waals surface area contributed by atoms with E-state index in [-0.39, 0.29) is 18.0 Å². The highest BCUT2D eigenvalue weighted by atomic mass is 16.5. The molecule has 1 atom stereocenters. The predicted molar refractivity (Wildman–Crippen MR) is 76.3 cm³/mol. The zero-order valence-corrected chi connectivity index (χ0v) is 12.5. The van der Waals surface area contributed by atoms with E-state index in [9.17, 15) is 9.59 Å². The monoisotopic (exact) mass is 285 g/mol. The van der Waals surface area contributed by atoms with Gasteiger partial charge in [0.05, 0.1) is 13.2 Å². The smallest absolute Gasteiger partial charge is 0.305 e. The number of hydrogen-bond acceptors (Lipinski definition) is 4. The summed E-state index contributed by atoms with van der Waals surface area (Å²) in [6.07, 6.45) is 8.21. The normalized spacial score (nSPS) is 18.6. The third-order valence-electron chi connectivity index (χ3n) is 3.57. The van der Waals surface area contributed by atoms with Crippen LogP contribution in [0.15, 0.2) is 0 Å². The molecule has 1 heterocycles. The van der Waals surface area contributed by atoms with Gasteiger partial charge in [0.25, 0.3) is 0 Å². The Morgan fingerprint density at radius 3 is 2.75 bits per heavy atom. The highest BCUT2D eigenvalue weighted by Gasteiger charge is 2.14. The van der Waals surface area contributed by atoms with Crippen molar-refractivity contribution in [1.29, 1.82) is 0 Å². The molecule has 0 aromatic carbocycles. The van der Waals surface area contributed by atoms with E-state index in [0.29, 0.717) is 19.4 Å². The fourth-order valence-corrected chi connectivity index (χ4v) is 2.32. The van der Waals surface area contributed by atoms with E-state index < -0.39 is 0 Å². The van der Waals surface area contributed by atoms with Gasteiger partial charge < -0.3 is 14.8 Å². The summed E-state index contributed by atoms with van der Waals surface area (Å²) in [5.41, 5.74) is 0. The van der Waals surface area contributed by atoms with Crippen LogP contribution in [0.3, 0.4) is 0 Å². The molecular weight excluding hydrogens is 258 g/mol. The molecule has 1 fully saturated rings. The van der Waals surface area contributed by atoms with Crippen LogP contribution in [-0.2, 0) is 19.1 Å². The van der Waals surface area contributed by atoms with E-state index in [0.717, 1.165) is 45.1 Å². The van der Waals surface area contributed by atoms with Gasteiger partial charge in [-0.1, -0.05) is 6.42 Å². The average Bonchev–Trinajstić information content (AvgIpc) is 2.49. The van der Waals surface area contributed by atoms with Crippen molar-refractivity contribution in [2.45, 2.75) is 63.9 Å². The molecule has 0 radical (unpaired) electrons. The van der Waals surface area contributed by atoms with Crippen molar-refractivity contribution >= 4 is 11.9 Å². The van der Waals surface area contributed by atoms with Gasteiger partial charge in [-0.3, -0.25) is 9.59 Å². The summed E-state index contributed by atoms with van der Waals surface area (Å²) in [5, 5.41) is 2.91. The van der Waals surface area contributed by atoms with Gasteiger partial charge in [0.15, 0.2) is 0 Å². The lowest BCUT2D eigenvalue weighted by atomic mass is 10.0. The number of unbranched alkanes of at least 4 members (excludes halogenated alkanes) is 2. The standard InChI is InChI=1S/C15H27NO4/c1-19-15(18)8-3-2-5-11-16-14(17)10-9-13-7-4-6-12-20-13/h13H,2-12H2,1H3,(H,16,17). The molecule has 1 unspecified atom stereocenters. The molecule has 116 valence electrons. The van der Waals surface area contributed by atoms with Gasteiger partial charge in [-0.15, -0.1) is 0 Å². The summed E-state index contributed by atoms with van der Waals surface area (Å²) in [5.74, 6) is -0.0614. The van der Waals surface area contributed by atoms with Gasteiger partial charge in [-0.05, 0) is 38.5 Å². The van der Waals surface area contributed by atoms with Gasteiger partial charge in [0.1, 0.15) is 0 Å². The first-order chi connectivity index (χ1) is 9.72. The van der Waals surface area contributed by atoms with E-state index >= 15 is 0 Å². The molecule has 0 aromatic heterocycles. The van der Waals surface area contributed by atoms with Crippen LogP contribution in [0.5, 0.6) is 0 Å². The average molecular weight is 285 g/mol. The molecule has 1 aliphatic heterocycles. The van der Waals surface area contributed by atoms with E-state index in [1.807, 2.05) is 0 Å². The van der Waals surface area contributed by atoms with Crippen molar-refractivity contribution in [3.05, 3.63) is 0 Å². The molecule has 1 saturated heterocycles. The lowest BCUT2D eigenvalue weighted by molar-refractivity contribution is -0.140. The number of methoxy groups -OCH3 is 1. The summed E-state index contributed by atoms with van der Waals surface area (Å²) in [6, 6.07) is 0. The van der Waals surface area contributed by atoms with Crippen LogP contribution in [0.2, 0.25) is 0 Å². The molecule has 0 spiro atoms. The molecule has 1 aliphatic rings. The minimum atomic E-state index is -0.165. The highest BCUT2D eigenvalue weighted by Crippen LogP contribution is 2.16. The number of rotatable bonds is 9. The molecule has 5 heteroatoms. The quantitative estimate of drug-likeness (QED) is 0.521. The van der Waals surface area contributed by atoms with Crippen LogP contribution in [0.4, 0.5) is 0 Å². The number of amides is 1. The number of carbonyl (C=O) groups is 2. The summed E-state index contributed by atoms with van der Waals surface area (Å²) in [7, 11) is 1.40. The predicted octanol–water partition coefficient (Wildman–Crippen LogP) is 2.19. The molecule has 1 rings (SSSR count). The Kier molecular flexibility index (Phi) is 9.04. The minimum Gasteiger partial charge on any atom is -0.469 e. The Morgan fingerprint density at radius 2 is 2.05 bits per heavy atom. The topological polar surface area (TPSA) is 64.6 Å². The fraction of sp³-hybridized carbons (Fsp3) is 0.867. The molecule has 0 saturated carbocycles. The second kappa shape index (κ2) is 10.7. The van der Waals surface area contributed by atoms with Gasteiger partial charge in [-0.25, -0.2) is 0 Å². The van der Waals surface area contributed by atoms with Crippen LogP contribution < -0.4 is 5.32 Å². The largest absolute Gasteiger partial charge is 0.469 e. The molecule has 1 amide bonds. The van der Waals surface area contributed by atoms with Gasteiger partial charge in [-0.2, -0.15) is 0 Å². The molecule has 0 bridgehead atoms. The minimum absolute atomic E-state index is 0.104. The van der Waals surface area contributed by atoms with Gasteiger partial charge in [0, 0.05) is 26.0 Å². The van der Waals surface area contributed by atoms with E-state index in [4.69, 9.17) is 4.74 Å². The summed E-state index contributed by atoms with van der Waals surface area (Å²) in [6.45, 7) is 1.53. The maximum Gasteiger partial charge on any atom is 0.305 e. The first-order valence-corrected chi connectivity index (χ1v) is 7.67. The first kappa shape index (κ1) is 17.0. The fourth-order valence-electron chi connectivity index (χ4n) is 2.32. The third kappa shape index (κ3) is 8.15. The SMILES string of the molecule is COC(=O)CCCCCNC(=O)CCC1CCCCO1. The Labute approximate surface area is 121 Å². The number of carbonyl (C=O) groups excluding carboxylic acids is 2. The zero-order valence-electron chi connectivity index (χ0n) is 12.5. The Balaban J connectivity index is 1.90. The Hall–Kier alpha value is -1.10. The second-order valence-corrected chi connectivity index (χ2v) is 5.26. The number of esters is 1. The number of hydrogen-bond donors (Lipinski definition) is 1. The zero-order chi connectivity index (χ0) is 14.6. The molecule has 5 nitrogen and oxygen atoms in total. The molecule has 0 aliphatic carbocycles. The van der Waals surface area contributed by atoms with Crippen molar-refractivity contribution in [2.75, 3.05) is 20.3 Å². The Morgan fingerprint density at radius 1 is 1.20 bits per heavy atom. The van der Waals surface area contributed by atoms with E-state index in [2.05, 4.69) is 10.1 Å². The Bertz CT molecular complexity index is 288. The maximum atomic E-state index is 11.6. The van der Waals surface area contributed by atoms with Crippen LogP contribution in [0.25, 0.3) is 0 Å². The molecular formula is C15H27NO4. The second-order valence-electron chi connectivity index (χ2n) is 5.26. The van der Waals surface area contributed by atoms with Crippen molar-refractivity contribution in [1.82, 2.24) is 5.32 Å². The number of nitrogens with one attached hydrogen (secondary N) is 1. The van der Waals surface area contributed by atoms with Crippen molar-refractivity contribution in [3.8, 4) is 0 Å². The van der Waals surface area contributed by atoms with E-state index in [1.165, 1.54) is 13.5 Å². The summed E-state index contributed by atoms with van der Waals surface area (Å²) < 4.78 is 10.2. The highest BCUT2D eigenvalue weighted by molar-refractivity contribution is 5.75.